The van der Waals surface area contributed by atoms with Crippen LogP contribution in [0.2, 0.25) is 0 Å². The summed E-state index contributed by atoms with van der Waals surface area (Å²) >= 11 is 2.93. The minimum absolute atomic E-state index is 0.0845. The van der Waals surface area contributed by atoms with Crippen LogP contribution >= 0.6 is 15.9 Å². The number of amides is 1. The van der Waals surface area contributed by atoms with Crippen LogP contribution in [-0.2, 0) is 13.0 Å². The Labute approximate surface area is 106 Å². The normalized spacial score (nSPS) is 10.6. The molecule has 1 amide bonds. The van der Waals surface area contributed by atoms with Gasteiger partial charge >= 0.3 is 0 Å². The number of carbonyl (C=O) groups excluding carboxylic acids is 1. The van der Waals surface area contributed by atoms with E-state index in [1.54, 1.807) is 11.9 Å². The molecule has 0 spiro atoms. The summed E-state index contributed by atoms with van der Waals surface area (Å²) in [5.74, 6) is 0.678. The van der Waals surface area contributed by atoms with Crippen molar-refractivity contribution in [2.24, 2.45) is 5.92 Å². The molecule has 0 unspecified atom stereocenters. The Morgan fingerprint density at radius 2 is 1.75 bits per heavy atom. The molecule has 1 aromatic rings. The molecule has 16 heavy (non-hydrogen) atoms. The number of rotatable bonds is 4. The predicted octanol–water partition coefficient (Wildman–Crippen LogP) is 3.83. The van der Waals surface area contributed by atoms with Gasteiger partial charge in [0.1, 0.15) is 0 Å². The first-order valence-corrected chi connectivity index (χ1v) is 6.26. The third-order valence-corrected chi connectivity index (χ3v) is 2.99. The van der Waals surface area contributed by atoms with Crippen LogP contribution in [-0.4, -0.2) is 16.8 Å². The highest BCUT2D eigenvalue weighted by atomic mass is 79.9. The maximum atomic E-state index is 11.0. The van der Waals surface area contributed by atoms with Gasteiger partial charge in [-0.3, -0.25) is 4.79 Å². The van der Waals surface area contributed by atoms with Gasteiger partial charge in [0.05, 0.1) is 0 Å². The van der Waals surface area contributed by atoms with Crippen LogP contribution in [0.4, 0.5) is 4.79 Å². The van der Waals surface area contributed by atoms with Gasteiger partial charge in [-0.1, -0.05) is 38.1 Å². The molecule has 0 aliphatic carbocycles. The van der Waals surface area contributed by atoms with Gasteiger partial charge in [0, 0.05) is 29.5 Å². The summed E-state index contributed by atoms with van der Waals surface area (Å²) < 4.78 is 0. The van der Waals surface area contributed by atoms with E-state index in [-0.39, 0.29) is 4.82 Å². The SMILES string of the molecule is CC(C)Cc1ccc(CN(C)C(=O)Br)cc1. The molecule has 1 aromatic carbocycles. The van der Waals surface area contributed by atoms with E-state index in [0.717, 1.165) is 12.0 Å². The topological polar surface area (TPSA) is 20.3 Å². The van der Waals surface area contributed by atoms with E-state index in [4.69, 9.17) is 0 Å². The molecule has 0 bridgehead atoms. The predicted molar refractivity (Wildman–Crippen MR) is 70.8 cm³/mol. The summed E-state index contributed by atoms with van der Waals surface area (Å²) in [6.45, 7) is 5.07. The molecule has 0 N–H and O–H groups in total. The molecule has 0 aliphatic rings. The van der Waals surface area contributed by atoms with Gasteiger partial charge in [-0.15, -0.1) is 0 Å². The summed E-state index contributed by atoms with van der Waals surface area (Å²) in [6.07, 6.45) is 1.10. The van der Waals surface area contributed by atoms with Crippen LogP contribution in [0.5, 0.6) is 0 Å². The number of hydrogen-bond donors (Lipinski definition) is 0. The molecule has 0 fully saturated rings. The van der Waals surface area contributed by atoms with E-state index in [1.807, 2.05) is 0 Å². The second-order valence-corrected chi connectivity index (χ2v) is 5.20. The Morgan fingerprint density at radius 1 is 1.25 bits per heavy atom. The van der Waals surface area contributed by atoms with Crippen molar-refractivity contribution >= 4 is 20.7 Å². The van der Waals surface area contributed by atoms with Crippen LogP contribution in [0, 0.1) is 5.92 Å². The van der Waals surface area contributed by atoms with E-state index >= 15 is 0 Å². The van der Waals surface area contributed by atoms with E-state index < -0.39 is 0 Å². The lowest BCUT2D eigenvalue weighted by atomic mass is 10.0. The highest BCUT2D eigenvalue weighted by Crippen LogP contribution is 2.11. The lowest BCUT2D eigenvalue weighted by Gasteiger charge is -2.14. The second-order valence-electron chi connectivity index (χ2n) is 4.52. The van der Waals surface area contributed by atoms with Crippen LogP contribution in [0.1, 0.15) is 25.0 Å². The van der Waals surface area contributed by atoms with Crippen molar-refractivity contribution in [3.8, 4) is 0 Å². The Hall–Kier alpha value is -0.830. The summed E-state index contributed by atoms with van der Waals surface area (Å²) in [6, 6.07) is 8.46. The third-order valence-electron chi connectivity index (χ3n) is 2.39. The molecule has 0 radical (unpaired) electrons. The second kappa shape index (κ2) is 6.04. The molecule has 3 heteroatoms. The van der Waals surface area contributed by atoms with E-state index in [1.165, 1.54) is 5.56 Å². The Kier molecular flexibility index (Phi) is 5.00. The zero-order valence-electron chi connectivity index (χ0n) is 10.0. The van der Waals surface area contributed by atoms with Crippen molar-refractivity contribution in [1.82, 2.24) is 4.90 Å². The fraction of sp³-hybridized carbons (Fsp3) is 0.462. The number of hydrogen-bond acceptors (Lipinski definition) is 1. The number of benzene rings is 1. The average molecular weight is 284 g/mol. The molecule has 0 aromatic heterocycles. The molecule has 1 rings (SSSR count). The first kappa shape index (κ1) is 13.2. The summed E-state index contributed by atoms with van der Waals surface area (Å²) in [5, 5.41) is 0. The van der Waals surface area contributed by atoms with Crippen LogP contribution in [0.25, 0.3) is 0 Å². The summed E-state index contributed by atoms with van der Waals surface area (Å²) in [5.41, 5.74) is 2.51. The van der Waals surface area contributed by atoms with Crippen molar-refractivity contribution < 1.29 is 4.79 Å². The highest BCUT2D eigenvalue weighted by molar-refractivity contribution is 9.18. The van der Waals surface area contributed by atoms with Gasteiger partial charge < -0.3 is 4.90 Å². The van der Waals surface area contributed by atoms with Gasteiger partial charge in [0.2, 0.25) is 0 Å². The maximum absolute atomic E-state index is 11.0. The number of halogens is 1. The third kappa shape index (κ3) is 4.35. The van der Waals surface area contributed by atoms with Crippen LogP contribution < -0.4 is 0 Å². The molecule has 88 valence electrons. The van der Waals surface area contributed by atoms with Gasteiger partial charge in [0.15, 0.2) is 0 Å². The Balaban J connectivity index is 2.61. The Bertz CT molecular complexity index is 345. The van der Waals surface area contributed by atoms with Gasteiger partial charge in [-0.05, 0) is 23.5 Å². The minimum atomic E-state index is -0.0845. The zero-order chi connectivity index (χ0) is 12.1. The van der Waals surface area contributed by atoms with E-state index in [9.17, 15) is 4.79 Å². The number of nitrogens with zero attached hydrogens (tertiary/aromatic N) is 1. The maximum Gasteiger partial charge on any atom is 0.289 e. The summed E-state index contributed by atoms with van der Waals surface area (Å²) in [4.78, 5) is 12.6. The largest absolute Gasteiger partial charge is 0.332 e. The fourth-order valence-corrected chi connectivity index (χ4v) is 1.71. The first-order valence-electron chi connectivity index (χ1n) is 5.47. The Morgan fingerprint density at radius 3 is 2.19 bits per heavy atom. The molecular weight excluding hydrogens is 266 g/mol. The molecule has 0 atom stereocenters. The first-order chi connectivity index (χ1) is 7.49. The zero-order valence-corrected chi connectivity index (χ0v) is 11.6. The van der Waals surface area contributed by atoms with Crippen molar-refractivity contribution in [3.05, 3.63) is 35.4 Å². The molecule has 0 heterocycles. The standard InChI is InChI=1S/C13H18BrNO/c1-10(2)8-11-4-6-12(7-5-11)9-15(3)13(14)16/h4-7,10H,8-9H2,1-3H3. The fourth-order valence-electron chi connectivity index (χ4n) is 1.59. The molecular formula is C13H18BrNO. The molecule has 0 aliphatic heterocycles. The highest BCUT2D eigenvalue weighted by Gasteiger charge is 2.04. The van der Waals surface area contributed by atoms with Gasteiger partial charge in [-0.25, -0.2) is 0 Å². The lowest BCUT2D eigenvalue weighted by molar-refractivity contribution is 0.233. The van der Waals surface area contributed by atoms with E-state index in [0.29, 0.717) is 12.5 Å². The van der Waals surface area contributed by atoms with Gasteiger partial charge in [-0.2, -0.15) is 0 Å². The van der Waals surface area contributed by atoms with Gasteiger partial charge in [0.25, 0.3) is 4.82 Å². The minimum Gasteiger partial charge on any atom is -0.332 e. The van der Waals surface area contributed by atoms with E-state index in [2.05, 4.69) is 54.0 Å². The quantitative estimate of drug-likeness (QED) is 0.608. The molecule has 2 nitrogen and oxygen atoms in total. The summed E-state index contributed by atoms with van der Waals surface area (Å²) in [7, 11) is 1.78. The van der Waals surface area contributed by atoms with Crippen molar-refractivity contribution in [1.29, 1.82) is 0 Å². The molecule has 0 saturated carbocycles. The monoisotopic (exact) mass is 283 g/mol. The van der Waals surface area contributed by atoms with Crippen molar-refractivity contribution in [2.45, 2.75) is 26.8 Å². The van der Waals surface area contributed by atoms with Crippen molar-refractivity contribution in [3.63, 3.8) is 0 Å². The average Bonchev–Trinajstić information content (AvgIpc) is 2.20. The van der Waals surface area contributed by atoms with Crippen molar-refractivity contribution in [2.75, 3.05) is 7.05 Å². The number of carbonyl (C=O) groups is 1. The van der Waals surface area contributed by atoms with Crippen LogP contribution in [0.3, 0.4) is 0 Å². The molecule has 0 saturated heterocycles. The van der Waals surface area contributed by atoms with Crippen LogP contribution in [0.15, 0.2) is 24.3 Å². The lowest BCUT2D eigenvalue weighted by Crippen LogP contribution is -2.19. The smallest absolute Gasteiger partial charge is 0.289 e.